The van der Waals surface area contributed by atoms with Gasteiger partial charge in [0.1, 0.15) is 18.2 Å². The van der Waals surface area contributed by atoms with E-state index in [1.165, 1.54) is 0 Å². The average molecular weight is 438 g/mol. The van der Waals surface area contributed by atoms with Gasteiger partial charge >= 0.3 is 0 Å². The number of nitrogens with zero attached hydrogens (tertiary/aromatic N) is 3. The minimum absolute atomic E-state index is 0.114. The van der Waals surface area contributed by atoms with Gasteiger partial charge in [-0.1, -0.05) is 23.4 Å². The van der Waals surface area contributed by atoms with E-state index in [-0.39, 0.29) is 23.7 Å². The van der Waals surface area contributed by atoms with E-state index in [1.54, 1.807) is 24.3 Å². The number of nitro benzene ring substituents is 1. The van der Waals surface area contributed by atoms with Gasteiger partial charge in [-0.15, -0.1) is 5.10 Å². The Hall–Kier alpha value is -3.18. The Balaban J connectivity index is 1.50. The summed E-state index contributed by atoms with van der Waals surface area (Å²) in [4.78, 5) is 26.2. The second kappa shape index (κ2) is 9.34. The lowest BCUT2D eigenvalue weighted by Gasteiger charge is -2.05. The number of benzene rings is 2. The number of H-pyrrole nitrogens is 1. The lowest BCUT2D eigenvalue weighted by molar-refractivity contribution is -0.384. The molecule has 3 rings (SSSR count). The molecule has 0 saturated heterocycles. The van der Waals surface area contributed by atoms with Crippen LogP contribution in [0.25, 0.3) is 0 Å². The van der Waals surface area contributed by atoms with E-state index in [0.29, 0.717) is 21.8 Å². The average Bonchev–Trinajstić information content (AvgIpc) is 3.15. The standard InChI is InChI=1S/C17H13ClFN5O4S/c18-10-1-4-12(5-2-10)28-8-15-21-17(23-22-15)29-9-16(25)20-14-7-11(24(26)27)3-6-13(14)19/h1-7H,8-9H2,(H,20,25)(H,21,22,23). The van der Waals surface area contributed by atoms with Crippen LogP contribution in [-0.4, -0.2) is 31.8 Å². The SMILES string of the molecule is O=C(CSc1n[nH]c(COc2ccc(Cl)cc2)n1)Nc1cc([N+](=O)[O-])ccc1F. The number of hydrogen-bond acceptors (Lipinski definition) is 7. The third kappa shape index (κ3) is 5.90. The summed E-state index contributed by atoms with van der Waals surface area (Å²) < 4.78 is 19.2. The number of non-ortho nitro benzene ring substituents is 1. The molecular formula is C17H13ClFN5O4S. The van der Waals surface area contributed by atoms with Crippen LogP contribution in [0.1, 0.15) is 5.82 Å². The molecule has 0 aliphatic rings. The Bertz CT molecular complexity index is 1030. The number of ether oxygens (including phenoxy) is 1. The Labute approximate surface area is 172 Å². The van der Waals surface area contributed by atoms with Gasteiger partial charge in [0, 0.05) is 17.2 Å². The molecule has 0 saturated carbocycles. The van der Waals surface area contributed by atoms with Crippen LogP contribution in [0, 0.1) is 15.9 Å². The van der Waals surface area contributed by atoms with Gasteiger partial charge in [-0.25, -0.2) is 9.37 Å². The van der Waals surface area contributed by atoms with Crippen LogP contribution in [0.5, 0.6) is 5.75 Å². The second-order valence-corrected chi connectivity index (χ2v) is 6.94. The van der Waals surface area contributed by atoms with Crippen LogP contribution in [-0.2, 0) is 11.4 Å². The lowest BCUT2D eigenvalue weighted by Crippen LogP contribution is -2.15. The molecular weight excluding hydrogens is 425 g/mol. The Kier molecular flexibility index (Phi) is 6.62. The van der Waals surface area contributed by atoms with Gasteiger partial charge in [0.15, 0.2) is 5.82 Å². The van der Waals surface area contributed by atoms with Crippen molar-refractivity contribution in [1.29, 1.82) is 0 Å². The summed E-state index contributed by atoms with van der Waals surface area (Å²) in [7, 11) is 0. The lowest BCUT2D eigenvalue weighted by atomic mass is 10.2. The number of carbonyl (C=O) groups is 1. The molecule has 0 aliphatic carbocycles. The summed E-state index contributed by atoms with van der Waals surface area (Å²) in [6.45, 7) is 0.139. The van der Waals surface area contributed by atoms with Crippen molar-refractivity contribution >= 4 is 40.6 Å². The number of halogens is 2. The first kappa shape index (κ1) is 20.6. The highest BCUT2D eigenvalue weighted by Gasteiger charge is 2.14. The number of hydrogen-bond donors (Lipinski definition) is 2. The molecule has 0 aliphatic heterocycles. The van der Waals surface area contributed by atoms with Gasteiger partial charge in [-0.2, -0.15) is 0 Å². The molecule has 3 aromatic rings. The minimum Gasteiger partial charge on any atom is -0.486 e. The maximum Gasteiger partial charge on any atom is 0.271 e. The Morgan fingerprint density at radius 2 is 2.07 bits per heavy atom. The zero-order chi connectivity index (χ0) is 20.8. The van der Waals surface area contributed by atoms with Crippen LogP contribution in [0.4, 0.5) is 15.8 Å². The number of thioether (sulfide) groups is 1. The fraction of sp³-hybridized carbons (Fsp3) is 0.118. The first-order chi connectivity index (χ1) is 13.9. The molecule has 0 spiro atoms. The molecule has 0 fully saturated rings. The van der Waals surface area contributed by atoms with Crippen molar-refractivity contribution in [2.75, 3.05) is 11.1 Å². The number of aromatic nitrogens is 3. The number of carbonyl (C=O) groups excluding carboxylic acids is 1. The van der Waals surface area contributed by atoms with Crippen LogP contribution in [0.15, 0.2) is 47.6 Å². The highest BCUT2D eigenvalue weighted by molar-refractivity contribution is 7.99. The quantitative estimate of drug-likeness (QED) is 0.312. The van der Waals surface area contributed by atoms with Crippen LogP contribution < -0.4 is 10.1 Å². The number of aromatic amines is 1. The predicted octanol–water partition coefficient (Wildman–Crippen LogP) is 3.82. The monoisotopic (exact) mass is 437 g/mol. The van der Waals surface area contributed by atoms with Crippen LogP contribution in [0.3, 0.4) is 0 Å². The van der Waals surface area contributed by atoms with Crippen molar-refractivity contribution in [2.45, 2.75) is 11.8 Å². The molecule has 2 N–H and O–H groups in total. The summed E-state index contributed by atoms with van der Waals surface area (Å²) in [6.07, 6.45) is 0. The van der Waals surface area contributed by atoms with Crippen LogP contribution >= 0.6 is 23.4 Å². The smallest absolute Gasteiger partial charge is 0.271 e. The number of nitro groups is 1. The van der Waals surface area contributed by atoms with Gasteiger partial charge in [0.05, 0.1) is 16.4 Å². The van der Waals surface area contributed by atoms with E-state index in [2.05, 4.69) is 20.5 Å². The summed E-state index contributed by atoms with van der Waals surface area (Å²) in [6, 6.07) is 9.71. The Morgan fingerprint density at radius 1 is 1.31 bits per heavy atom. The van der Waals surface area contributed by atoms with Gasteiger partial charge in [0.2, 0.25) is 11.1 Å². The summed E-state index contributed by atoms with van der Waals surface area (Å²) in [5.74, 6) is -0.380. The molecule has 0 radical (unpaired) electrons. The van der Waals surface area contributed by atoms with Crippen molar-refractivity contribution in [2.24, 2.45) is 0 Å². The van der Waals surface area contributed by atoms with Crippen LogP contribution in [0.2, 0.25) is 5.02 Å². The minimum atomic E-state index is -0.770. The van der Waals surface area contributed by atoms with Crippen molar-refractivity contribution in [3.63, 3.8) is 0 Å². The third-order valence-corrected chi connectivity index (χ3v) is 4.57. The third-order valence-electron chi connectivity index (χ3n) is 3.47. The molecule has 29 heavy (non-hydrogen) atoms. The van der Waals surface area contributed by atoms with Crippen molar-refractivity contribution < 1.29 is 18.8 Å². The van der Waals surface area contributed by atoms with Gasteiger partial charge in [0.25, 0.3) is 5.69 Å². The zero-order valence-electron chi connectivity index (χ0n) is 14.6. The topological polar surface area (TPSA) is 123 Å². The van der Waals surface area contributed by atoms with E-state index < -0.39 is 16.6 Å². The van der Waals surface area contributed by atoms with E-state index in [1.807, 2.05) is 0 Å². The molecule has 12 heteroatoms. The summed E-state index contributed by atoms with van der Waals surface area (Å²) in [5, 5.41) is 20.6. The number of nitrogens with one attached hydrogen (secondary N) is 2. The number of rotatable bonds is 8. The van der Waals surface area contributed by atoms with E-state index in [4.69, 9.17) is 16.3 Å². The molecule has 0 atom stereocenters. The first-order valence-corrected chi connectivity index (χ1v) is 9.43. The summed E-state index contributed by atoms with van der Waals surface area (Å²) >= 11 is 6.82. The van der Waals surface area contributed by atoms with E-state index in [0.717, 1.165) is 30.0 Å². The molecule has 0 bridgehead atoms. The summed E-state index contributed by atoms with van der Waals surface area (Å²) in [5.41, 5.74) is -0.592. The second-order valence-electron chi connectivity index (χ2n) is 5.57. The highest BCUT2D eigenvalue weighted by Crippen LogP contribution is 2.22. The molecule has 2 aromatic carbocycles. The molecule has 1 amide bonds. The number of amides is 1. The zero-order valence-corrected chi connectivity index (χ0v) is 16.2. The maximum atomic E-state index is 13.7. The van der Waals surface area contributed by atoms with Crippen molar-refractivity contribution in [1.82, 2.24) is 15.2 Å². The van der Waals surface area contributed by atoms with Gasteiger partial charge < -0.3 is 10.1 Å². The molecule has 0 unspecified atom stereocenters. The van der Waals surface area contributed by atoms with E-state index in [9.17, 15) is 19.3 Å². The molecule has 9 nitrogen and oxygen atoms in total. The van der Waals surface area contributed by atoms with E-state index >= 15 is 0 Å². The fourth-order valence-corrected chi connectivity index (χ4v) is 2.87. The molecule has 1 aromatic heterocycles. The molecule has 1 heterocycles. The first-order valence-electron chi connectivity index (χ1n) is 8.07. The fourth-order valence-electron chi connectivity index (χ4n) is 2.13. The predicted molar refractivity (Wildman–Crippen MR) is 105 cm³/mol. The normalized spacial score (nSPS) is 10.6. The maximum absolute atomic E-state index is 13.7. The highest BCUT2D eigenvalue weighted by atomic mass is 35.5. The molecule has 150 valence electrons. The van der Waals surface area contributed by atoms with Crippen molar-refractivity contribution in [3.05, 3.63) is 69.2 Å². The van der Waals surface area contributed by atoms with Gasteiger partial charge in [-0.3, -0.25) is 20.0 Å². The largest absolute Gasteiger partial charge is 0.486 e. The Morgan fingerprint density at radius 3 is 2.79 bits per heavy atom. The van der Waals surface area contributed by atoms with Gasteiger partial charge in [-0.05, 0) is 30.3 Å². The van der Waals surface area contributed by atoms with Crippen molar-refractivity contribution in [3.8, 4) is 5.75 Å². The number of anilines is 1.